The van der Waals surface area contributed by atoms with Crippen LogP contribution in [-0.4, -0.2) is 47.1 Å². The average molecular weight is 455 g/mol. The van der Waals surface area contributed by atoms with Gasteiger partial charge in [-0.25, -0.2) is 0 Å². The zero-order valence-corrected chi connectivity index (χ0v) is 17.9. The molecule has 6 nitrogen and oxygen atoms in total. The van der Waals surface area contributed by atoms with Crippen LogP contribution in [0.4, 0.5) is 5.69 Å². The molecule has 0 spiro atoms. The van der Waals surface area contributed by atoms with Crippen molar-refractivity contribution in [3.05, 3.63) is 64.5 Å². The molecule has 0 radical (unpaired) electrons. The van der Waals surface area contributed by atoms with Crippen molar-refractivity contribution < 1.29 is 9.32 Å². The highest BCUT2D eigenvalue weighted by Gasteiger charge is 2.21. The Kier molecular flexibility index (Phi) is 5.94. The molecule has 1 aromatic heterocycles. The summed E-state index contributed by atoms with van der Waals surface area (Å²) in [4.78, 5) is 21.2. The number of aromatic nitrogens is 2. The molecule has 3 aromatic rings. The minimum atomic E-state index is 0.186. The van der Waals surface area contributed by atoms with E-state index in [2.05, 4.69) is 43.1 Å². The van der Waals surface area contributed by atoms with Crippen LogP contribution in [0.3, 0.4) is 0 Å². The molecule has 7 heteroatoms. The number of nitrogens with zero attached hydrogens (tertiary/aromatic N) is 4. The van der Waals surface area contributed by atoms with E-state index in [4.69, 9.17) is 4.52 Å². The van der Waals surface area contributed by atoms with E-state index in [9.17, 15) is 4.79 Å². The van der Waals surface area contributed by atoms with Crippen molar-refractivity contribution >= 4 is 27.5 Å². The fourth-order valence-corrected chi connectivity index (χ4v) is 3.70. The third-order valence-electron chi connectivity index (χ3n) is 5.16. The topological polar surface area (TPSA) is 62.5 Å². The fourth-order valence-electron chi connectivity index (χ4n) is 3.44. The Bertz CT molecular complexity index is 961. The lowest BCUT2D eigenvalue weighted by Crippen LogP contribution is -2.49. The Morgan fingerprint density at radius 3 is 2.34 bits per heavy atom. The van der Waals surface area contributed by atoms with Crippen LogP contribution < -0.4 is 4.90 Å². The van der Waals surface area contributed by atoms with E-state index in [0.717, 1.165) is 53.9 Å². The highest BCUT2D eigenvalue weighted by atomic mass is 79.9. The second kappa shape index (κ2) is 8.78. The predicted molar refractivity (Wildman–Crippen MR) is 116 cm³/mol. The number of halogens is 1. The van der Waals surface area contributed by atoms with E-state index in [1.165, 1.54) is 0 Å². The molecule has 1 aliphatic heterocycles. The number of aryl methyl sites for hydroxylation is 1. The highest BCUT2D eigenvalue weighted by molar-refractivity contribution is 9.10. The molecule has 0 unspecified atom stereocenters. The molecule has 0 bridgehead atoms. The summed E-state index contributed by atoms with van der Waals surface area (Å²) in [6, 6.07) is 16.1. The second-order valence-electron chi connectivity index (χ2n) is 7.08. The van der Waals surface area contributed by atoms with Crippen LogP contribution in [0, 0.1) is 0 Å². The van der Waals surface area contributed by atoms with E-state index in [-0.39, 0.29) is 5.91 Å². The standard InChI is InChI=1S/C22H23BrN4O2/c1-2-20-24-22(25-29-20)17-5-9-19(10-6-17)26-11-13-27(14-12-26)21(28)15-16-3-7-18(23)8-4-16/h3-10H,2,11-15H2,1H3. The molecule has 0 atom stereocenters. The maximum atomic E-state index is 12.6. The van der Waals surface area contributed by atoms with Gasteiger partial charge < -0.3 is 14.3 Å². The first-order valence-electron chi connectivity index (χ1n) is 9.82. The molecule has 0 saturated carbocycles. The van der Waals surface area contributed by atoms with E-state index in [1.807, 2.05) is 48.2 Å². The van der Waals surface area contributed by atoms with Crippen LogP contribution >= 0.6 is 15.9 Å². The summed E-state index contributed by atoms with van der Waals surface area (Å²) in [6.45, 7) is 5.12. The van der Waals surface area contributed by atoms with Crippen LogP contribution in [-0.2, 0) is 17.6 Å². The van der Waals surface area contributed by atoms with Crippen molar-refractivity contribution in [3.63, 3.8) is 0 Å². The summed E-state index contributed by atoms with van der Waals surface area (Å²) < 4.78 is 6.21. The summed E-state index contributed by atoms with van der Waals surface area (Å²) in [7, 11) is 0. The van der Waals surface area contributed by atoms with Gasteiger partial charge in [0.25, 0.3) is 0 Å². The van der Waals surface area contributed by atoms with Gasteiger partial charge in [0.1, 0.15) is 0 Å². The Labute approximate surface area is 178 Å². The summed E-state index contributed by atoms with van der Waals surface area (Å²) in [5.41, 5.74) is 3.14. The molecule has 4 rings (SSSR count). The smallest absolute Gasteiger partial charge is 0.227 e. The average Bonchev–Trinajstić information content (AvgIpc) is 3.25. The summed E-state index contributed by atoms with van der Waals surface area (Å²) in [5, 5.41) is 4.02. The predicted octanol–water partition coefficient (Wildman–Crippen LogP) is 3.95. The maximum absolute atomic E-state index is 12.6. The first-order valence-corrected chi connectivity index (χ1v) is 10.6. The normalized spacial score (nSPS) is 14.3. The molecule has 0 N–H and O–H groups in total. The van der Waals surface area contributed by atoms with Gasteiger partial charge in [-0.2, -0.15) is 4.98 Å². The first-order chi connectivity index (χ1) is 14.1. The van der Waals surface area contributed by atoms with Crippen LogP contribution in [0.25, 0.3) is 11.4 Å². The number of carbonyl (C=O) groups excluding carboxylic acids is 1. The molecule has 150 valence electrons. The molecule has 1 amide bonds. The van der Waals surface area contributed by atoms with Gasteiger partial charge in [-0.05, 0) is 42.0 Å². The molecular weight excluding hydrogens is 432 g/mol. The molecule has 0 aliphatic carbocycles. The zero-order valence-electron chi connectivity index (χ0n) is 16.3. The van der Waals surface area contributed by atoms with E-state index >= 15 is 0 Å². The maximum Gasteiger partial charge on any atom is 0.227 e. The van der Waals surface area contributed by atoms with Crippen LogP contribution in [0.5, 0.6) is 0 Å². The number of rotatable bonds is 5. The Morgan fingerprint density at radius 2 is 1.72 bits per heavy atom. The van der Waals surface area contributed by atoms with Crippen molar-refractivity contribution in [2.45, 2.75) is 19.8 Å². The number of amides is 1. The SMILES string of the molecule is CCc1nc(-c2ccc(N3CCN(C(=O)Cc4ccc(Br)cc4)CC3)cc2)no1. The minimum absolute atomic E-state index is 0.186. The lowest BCUT2D eigenvalue weighted by atomic mass is 10.1. The zero-order chi connectivity index (χ0) is 20.2. The minimum Gasteiger partial charge on any atom is -0.368 e. The largest absolute Gasteiger partial charge is 0.368 e. The monoisotopic (exact) mass is 454 g/mol. The van der Waals surface area contributed by atoms with Gasteiger partial charge in [-0.3, -0.25) is 4.79 Å². The van der Waals surface area contributed by atoms with Crippen LogP contribution in [0.1, 0.15) is 18.4 Å². The Balaban J connectivity index is 1.33. The van der Waals surface area contributed by atoms with Crippen molar-refractivity contribution in [3.8, 4) is 11.4 Å². The van der Waals surface area contributed by atoms with Crippen molar-refractivity contribution in [1.82, 2.24) is 15.0 Å². The van der Waals surface area contributed by atoms with Gasteiger partial charge >= 0.3 is 0 Å². The quantitative estimate of drug-likeness (QED) is 0.583. The number of hydrogen-bond acceptors (Lipinski definition) is 5. The third kappa shape index (κ3) is 4.67. The van der Waals surface area contributed by atoms with Gasteiger partial charge in [0, 0.05) is 48.3 Å². The number of anilines is 1. The number of carbonyl (C=O) groups is 1. The number of piperazine rings is 1. The van der Waals surface area contributed by atoms with E-state index in [0.29, 0.717) is 18.1 Å². The van der Waals surface area contributed by atoms with Gasteiger partial charge in [-0.15, -0.1) is 0 Å². The lowest BCUT2D eigenvalue weighted by molar-refractivity contribution is -0.130. The molecular formula is C22H23BrN4O2. The Hall–Kier alpha value is -2.67. The second-order valence-corrected chi connectivity index (χ2v) is 8.00. The third-order valence-corrected chi connectivity index (χ3v) is 5.69. The van der Waals surface area contributed by atoms with Gasteiger partial charge in [0.2, 0.25) is 17.6 Å². The number of hydrogen-bond donors (Lipinski definition) is 0. The molecule has 2 aromatic carbocycles. The van der Waals surface area contributed by atoms with Crippen molar-refractivity contribution in [2.75, 3.05) is 31.1 Å². The summed E-state index contributed by atoms with van der Waals surface area (Å²) >= 11 is 3.43. The van der Waals surface area contributed by atoms with Crippen molar-refractivity contribution in [1.29, 1.82) is 0 Å². The summed E-state index contributed by atoms with van der Waals surface area (Å²) in [6.07, 6.45) is 1.18. The molecule has 1 fully saturated rings. The molecule has 2 heterocycles. The van der Waals surface area contributed by atoms with E-state index in [1.54, 1.807) is 0 Å². The molecule has 1 aliphatic rings. The van der Waals surface area contributed by atoms with Gasteiger partial charge in [0.05, 0.1) is 6.42 Å². The van der Waals surface area contributed by atoms with E-state index < -0.39 is 0 Å². The highest BCUT2D eigenvalue weighted by Crippen LogP contribution is 2.22. The Morgan fingerprint density at radius 1 is 1.03 bits per heavy atom. The molecule has 1 saturated heterocycles. The number of benzene rings is 2. The molecule has 29 heavy (non-hydrogen) atoms. The van der Waals surface area contributed by atoms with Gasteiger partial charge in [-0.1, -0.05) is 40.1 Å². The van der Waals surface area contributed by atoms with Crippen LogP contribution in [0.2, 0.25) is 0 Å². The first kappa shape index (κ1) is 19.6. The fraction of sp³-hybridized carbons (Fsp3) is 0.318. The van der Waals surface area contributed by atoms with Gasteiger partial charge in [0.15, 0.2) is 0 Å². The van der Waals surface area contributed by atoms with Crippen LogP contribution in [0.15, 0.2) is 57.5 Å². The lowest BCUT2D eigenvalue weighted by Gasteiger charge is -2.36. The van der Waals surface area contributed by atoms with Crippen molar-refractivity contribution in [2.24, 2.45) is 0 Å². The summed E-state index contributed by atoms with van der Waals surface area (Å²) in [5.74, 6) is 1.45.